The lowest BCUT2D eigenvalue weighted by Gasteiger charge is -2.10. The molecule has 0 radical (unpaired) electrons. The van der Waals surface area contributed by atoms with Gasteiger partial charge in [0.05, 0.1) is 18.9 Å². The molecular formula is C23H25N5O2. The van der Waals surface area contributed by atoms with Crippen molar-refractivity contribution in [2.75, 3.05) is 36.9 Å². The van der Waals surface area contributed by atoms with Crippen LogP contribution in [0.1, 0.15) is 0 Å². The molecule has 1 saturated heterocycles. The zero-order valence-electron chi connectivity index (χ0n) is 16.7. The quantitative estimate of drug-likeness (QED) is 0.564. The predicted octanol–water partition coefficient (Wildman–Crippen LogP) is 3.62. The van der Waals surface area contributed by atoms with Crippen molar-refractivity contribution < 1.29 is 9.53 Å². The molecule has 1 amide bonds. The summed E-state index contributed by atoms with van der Waals surface area (Å²) in [4.78, 5) is 19.8. The minimum absolute atomic E-state index is 0.237. The van der Waals surface area contributed by atoms with Crippen LogP contribution in [0.2, 0.25) is 0 Å². The largest absolute Gasteiger partial charge is 0.379 e. The summed E-state index contributed by atoms with van der Waals surface area (Å²) >= 11 is 0. The van der Waals surface area contributed by atoms with E-state index in [2.05, 4.69) is 32.5 Å². The third kappa shape index (κ3) is 6.80. The number of ether oxygens (including phenoxy) is 1. The number of carbonyl (C=O) groups excluding carboxylic acids is 1. The maximum absolute atomic E-state index is 11.3. The number of hydrogen-bond acceptors (Lipinski definition) is 6. The molecule has 3 N–H and O–H groups in total. The van der Waals surface area contributed by atoms with E-state index in [1.165, 1.54) is 12.4 Å². The molecule has 1 aliphatic heterocycles. The van der Waals surface area contributed by atoms with Crippen molar-refractivity contribution in [3.8, 4) is 11.3 Å². The van der Waals surface area contributed by atoms with Crippen LogP contribution in [0.3, 0.4) is 0 Å². The number of hydrogen-bond donors (Lipinski definition) is 3. The molecule has 7 heteroatoms. The lowest BCUT2D eigenvalue weighted by Crippen LogP contribution is -2.30. The minimum Gasteiger partial charge on any atom is -0.379 e. The molecule has 154 valence electrons. The molecular weight excluding hydrogens is 378 g/mol. The number of benzene rings is 2. The molecule has 0 aliphatic carbocycles. The Morgan fingerprint density at radius 2 is 1.73 bits per heavy atom. The fourth-order valence-corrected chi connectivity index (χ4v) is 2.69. The molecule has 3 aromatic rings. The molecule has 0 bridgehead atoms. The van der Waals surface area contributed by atoms with Crippen molar-refractivity contribution in [1.29, 1.82) is 0 Å². The number of morpholine rings is 1. The van der Waals surface area contributed by atoms with Gasteiger partial charge in [-0.3, -0.25) is 4.79 Å². The zero-order chi connectivity index (χ0) is 21.0. The van der Waals surface area contributed by atoms with Crippen LogP contribution in [-0.4, -0.2) is 42.2 Å². The Kier molecular flexibility index (Phi) is 8.08. The van der Waals surface area contributed by atoms with Gasteiger partial charge in [0.1, 0.15) is 12.1 Å². The van der Waals surface area contributed by atoms with E-state index in [0.717, 1.165) is 49.1 Å². The summed E-state index contributed by atoms with van der Waals surface area (Å²) < 4.78 is 5.01. The molecule has 7 nitrogen and oxygen atoms in total. The van der Waals surface area contributed by atoms with Crippen molar-refractivity contribution in [1.82, 2.24) is 15.3 Å². The molecule has 0 spiro atoms. The summed E-state index contributed by atoms with van der Waals surface area (Å²) in [5, 5.41) is 9.11. The molecule has 1 aromatic heterocycles. The van der Waals surface area contributed by atoms with Gasteiger partial charge in [0.2, 0.25) is 5.91 Å². The van der Waals surface area contributed by atoms with Gasteiger partial charge in [0, 0.05) is 36.1 Å². The monoisotopic (exact) mass is 403 g/mol. The minimum atomic E-state index is -0.237. The van der Waals surface area contributed by atoms with Crippen LogP contribution in [0, 0.1) is 0 Å². The van der Waals surface area contributed by atoms with Crippen molar-refractivity contribution in [3.05, 3.63) is 79.6 Å². The van der Waals surface area contributed by atoms with Crippen molar-refractivity contribution in [2.45, 2.75) is 0 Å². The topological polar surface area (TPSA) is 88.2 Å². The Bertz CT molecular complexity index is 930. The standard InChI is InChI=1S/C19H16N4O.C4H9NO/c1-2-19(24)23-16-10-8-14(9-11-16)17-12-18(21-13-20-17)22-15-6-4-3-5-7-15;1-3-6-4-2-5-1/h2-13H,1H2,(H,23,24)(H,20,21,22);5H,1-4H2. The summed E-state index contributed by atoms with van der Waals surface area (Å²) in [6, 6.07) is 19.1. The highest BCUT2D eigenvalue weighted by Crippen LogP contribution is 2.22. The van der Waals surface area contributed by atoms with Gasteiger partial charge in [-0.15, -0.1) is 0 Å². The number of nitrogens with zero attached hydrogens (tertiary/aromatic N) is 2. The smallest absolute Gasteiger partial charge is 0.247 e. The Morgan fingerprint density at radius 1 is 1.00 bits per heavy atom. The Morgan fingerprint density at radius 3 is 2.33 bits per heavy atom. The van der Waals surface area contributed by atoms with E-state index in [1.807, 2.05) is 60.7 Å². The summed E-state index contributed by atoms with van der Waals surface area (Å²) in [5.41, 5.74) is 3.40. The van der Waals surface area contributed by atoms with Gasteiger partial charge in [0.15, 0.2) is 0 Å². The normalized spacial score (nSPS) is 12.8. The van der Waals surface area contributed by atoms with Crippen LogP contribution in [-0.2, 0) is 9.53 Å². The van der Waals surface area contributed by atoms with E-state index in [4.69, 9.17) is 4.74 Å². The second-order valence-corrected chi connectivity index (χ2v) is 6.41. The van der Waals surface area contributed by atoms with Gasteiger partial charge in [-0.25, -0.2) is 9.97 Å². The van der Waals surface area contributed by atoms with E-state index in [9.17, 15) is 4.79 Å². The maximum Gasteiger partial charge on any atom is 0.247 e. The highest BCUT2D eigenvalue weighted by Gasteiger charge is 2.04. The van der Waals surface area contributed by atoms with Crippen LogP contribution < -0.4 is 16.0 Å². The number of nitrogens with one attached hydrogen (secondary N) is 3. The number of aromatic nitrogens is 2. The first kappa shape index (κ1) is 21.2. The fourth-order valence-electron chi connectivity index (χ4n) is 2.69. The van der Waals surface area contributed by atoms with Crippen LogP contribution >= 0.6 is 0 Å². The van der Waals surface area contributed by atoms with Gasteiger partial charge < -0.3 is 20.7 Å². The molecule has 30 heavy (non-hydrogen) atoms. The van der Waals surface area contributed by atoms with Crippen LogP contribution in [0.5, 0.6) is 0 Å². The van der Waals surface area contributed by atoms with Crippen molar-refractivity contribution in [3.63, 3.8) is 0 Å². The van der Waals surface area contributed by atoms with Crippen molar-refractivity contribution >= 4 is 23.1 Å². The van der Waals surface area contributed by atoms with Crippen LogP contribution in [0.25, 0.3) is 11.3 Å². The van der Waals surface area contributed by atoms with Gasteiger partial charge in [-0.2, -0.15) is 0 Å². The maximum atomic E-state index is 11.3. The lowest BCUT2D eigenvalue weighted by molar-refractivity contribution is -0.111. The first-order chi connectivity index (χ1) is 14.7. The third-order valence-electron chi connectivity index (χ3n) is 4.19. The second-order valence-electron chi connectivity index (χ2n) is 6.41. The molecule has 1 fully saturated rings. The summed E-state index contributed by atoms with van der Waals surface area (Å²) in [7, 11) is 0. The van der Waals surface area contributed by atoms with E-state index in [-0.39, 0.29) is 5.91 Å². The number of para-hydroxylation sites is 1. The van der Waals surface area contributed by atoms with E-state index in [0.29, 0.717) is 5.69 Å². The average molecular weight is 403 g/mol. The van der Waals surface area contributed by atoms with Gasteiger partial charge >= 0.3 is 0 Å². The molecule has 0 atom stereocenters. The first-order valence-electron chi connectivity index (χ1n) is 9.71. The Labute approximate surface area is 176 Å². The zero-order valence-corrected chi connectivity index (χ0v) is 16.7. The van der Waals surface area contributed by atoms with Crippen molar-refractivity contribution in [2.24, 2.45) is 0 Å². The third-order valence-corrected chi connectivity index (χ3v) is 4.19. The van der Waals surface area contributed by atoms with E-state index >= 15 is 0 Å². The molecule has 2 heterocycles. The lowest BCUT2D eigenvalue weighted by atomic mass is 10.1. The van der Waals surface area contributed by atoms with E-state index < -0.39 is 0 Å². The highest BCUT2D eigenvalue weighted by atomic mass is 16.5. The number of anilines is 3. The summed E-state index contributed by atoms with van der Waals surface area (Å²) in [5.74, 6) is 0.481. The molecule has 4 rings (SSSR count). The summed E-state index contributed by atoms with van der Waals surface area (Å²) in [6.07, 6.45) is 2.76. The number of amides is 1. The molecule has 2 aromatic carbocycles. The SMILES string of the molecule is C1COCCN1.C=CC(=O)Nc1ccc(-c2cc(Nc3ccccc3)ncn2)cc1. The first-order valence-corrected chi connectivity index (χ1v) is 9.71. The average Bonchev–Trinajstić information content (AvgIpc) is 2.82. The van der Waals surface area contributed by atoms with Gasteiger partial charge in [-0.1, -0.05) is 36.9 Å². The summed E-state index contributed by atoms with van der Waals surface area (Å²) in [6.45, 7) is 7.26. The predicted molar refractivity (Wildman–Crippen MR) is 120 cm³/mol. The highest BCUT2D eigenvalue weighted by molar-refractivity contribution is 5.98. The fraction of sp³-hybridized carbons (Fsp3) is 0.174. The molecule has 0 saturated carbocycles. The number of rotatable bonds is 5. The molecule has 0 unspecified atom stereocenters. The van der Waals surface area contributed by atoms with Crippen LogP contribution in [0.4, 0.5) is 17.2 Å². The number of carbonyl (C=O) groups is 1. The second kappa shape index (κ2) is 11.5. The van der Waals surface area contributed by atoms with E-state index in [1.54, 1.807) is 0 Å². The van der Waals surface area contributed by atoms with Gasteiger partial charge in [-0.05, 0) is 30.3 Å². The Balaban J connectivity index is 0.000000367. The van der Waals surface area contributed by atoms with Crippen LogP contribution in [0.15, 0.2) is 79.6 Å². The van der Waals surface area contributed by atoms with Gasteiger partial charge in [0.25, 0.3) is 0 Å². The molecule has 1 aliphatic rings. The Hall–Kier alpha value is -3.55.